The van der Waals surface area contributed by atoms with Gasteiger partial charge in [-0.1, -0.05) is 11.6 Å². The third kappa shape index (κ3) is 1.45. The number of esters is 1. The number of carboxylic acid groups (broad SMARTS) is 1. The van der Waals surface area contributed by atoms with Crippen molar-refractivity contribution >= 4 is 23.5 Å². The van der Waals surface area contributed by atoms with Crippen molar-refractivity contribution in [3.05, 3.63) is 33.8 Å². The second-order valence-electron chi connectivity index (χ2n) is 2.98. The summed E-state index contributed by atoms with van der Waals surface area (Å²) in [7, 11) is 0. The van der Waals surface area contributed by atoms with E-state index in [9.17, 15) is 14.7 Å². The molecule has 1 aromatic rings. The molecule has 1 aromatic carbocycles. The van der Waals surface area contributed by atoms with Crippen LogP contribution in [-0.2, 0) is 4.74 Å². The van der Waals surface area contributed by atoms with Gasteiger partial charge >= 0.3 is 11.9 Å². The number of aromatic carboxylic acids is 1. The van der Waals surface area contributed by atoms with Crippen LogP contribution >= 0.6 is 11.6 Å². The molecule has 78 valence electrons. The Labute approximate surface area is 88.8 Å². The zero-order valence-electron chi connectivity index (χ0n) is 7.23. The van der Waals surface area contributed by atoms with Crippen molar-refractivity contribution in [2.45, 2.75) is 6.29 Å². The number of hydrogen-bond donors (Lipinski definition) is 2. The number of aliphatic hydroxyl groups excluding tert-OH is 1. The number of carbonyl (C=O) groups excluding carboxylic acids is 1. The van der Waals surface area contributed by atoms with Gasteiger partial charge in [0, 0.05) is 5.56 Å². The summed E-state index contributed by atoms with van der Waals surface area (Å²) in [6, 6.07) is 2.31. The van der Waals surface area contributed by atoms with Crippen molar-refractivity contribution in [1.82, 2.24) is 0 Å². The van der Waals surface area contributed by atoms with Gasteiger partial charge in [-0.3, -0.25) is 0 Å². The van der Waals surface area contributed by atoms with E-state index in [0.717, 1.165) is 6.07 Å². The summed E-state index contributed by atoms with van der Waals surface area (Å²) >= 11 is 5.65. The maximum absolute atomic E-state index is 11.1. The molecule has 15 heavy (non-hydrogen) atoms. The first-order valence-corrected chi connectivity index (χ1v) is 4.34. The van der Waals surface area contributed by atoms with E-state index in [1.54, 1.807) is 0 Å². The Kier molecular flexibility index (Phi) is 2.13. The Balaban J connectivity index is 2.64. The van der Waals surface area contributed by atoms with Gasteiger partial charge in [-0.05, 0) is 12.1 Å². The number of cyclic esters (lactones) is 1. The molecule has 0 bridgehead atoms. The molecular weight excluding hydrogens is 224 g/mol. The smallest absolute Gasteiger partial charge is 0.341 e. The number of benzene rings is 1. The monoisotopic (exact) mass is 228 g/mol. The average molecular weight is 229 g/mol. The first kappa shape index (κ1) is 9.95. The zero-order chi connectivity index (χ0) is 11.2. The van der Waals surface area contributed by atoms with Crippen LogP contribution in [0.4, 0.5) is 0 Å². The predicted molar refractivity (Wildman–Crippen MR) is 48.8 cm³/mol. The second kappa shape index (κ2) is 3.22. The fraction of sp³-hybridized carbons (Fsp3) is 0.111. The topological polar surface area (TPSA) is 83.8 Å². The summed E-state index contributed by atoms with van der Waals surface area (Å²) in [6.07, 6.45) is -1.41. The first-order valence-electron chi connectivity index (χ1n) is 3.96. The Morgan fingerprint density at radius 1 is 1.47 bits per heavy atom. The summed E-state index contributed by atoms with van der Waals surface area (Å²) in [5.74, 6) is -1.94. The number of aliphatic hydroxyl groups is 1. The van der Waals surface area contributed by atoms with Gasteiger partial charge in [0.05, 0.1) is 16.1 Å². The van der Waals surface area contributed by atoms with Crippen LogP contribution in [0.2, 0.25) is 5.02 Å². The lowest BCUT2D eigenvalue weighted by molar-refractivity contribution is -0.0547. The highest BCUT2D eigenvalue weighted by Crippen LogP contribution is 2.32. The van der Waals surface area contributed by atoms with E-state index in [2.05, 4.69) is 4.74 Å². The number of fused-ring (bicyclic) bond motifs is 1. The lowest BCUT2D eigenvalue weighted by atomic mass is 10.1. The van der Waals surface area contributed by atoms with Crippen LogP contribution in [0.15, 0.2) is 12.1 Å². The minimum atomic E-state index is -1.41. The molecule has 0 aromatic heterocycles. The number of carbonyl (C=O) groups is 2. The van der Waals surface area contributed by atoms with Crippen LogP contribution < -0.4 is 0 Å². The fourth-order valence-electron chi connectivity index (χ4n) is 1.36. The van der Waals surface area contributed by atoms with Gasteiger partial charge in [-0.15, -0.1) is 0 Å². The molecule has 1 unspecified atom stereocenters. The molecule has 0 saturated carbocycles. The second-order valence-corrected chi connectivity index (χ2v) is 3.39. The molecule has 0 fully saturated rings. The number of carboxylic acids is 1. The van der Waals surface area contributed by atoms with Crippen molar-refractivity contribution in [2.75, 3.05) is 0 Å². The fourth-order valence-corrected chi connectivity index (χ4v) is 1.61. The molecule has 2 rings (SSSR count). The van der Waals surface area contributed by atoms with Gasteiger partial charge < -0.3 is 14.9 Å². The molecule has 0 amide bonds. The van der Waals surface area contributed by atoms with Crippen LogP contribution in [0.5, 0.6) is 0 Å². The lowest BCUT2D eigenvalue weighted by Crippen LogP contribution is -2.01. The van der Waals surface area contributed by atoms with Crippen LogP contribution in [0.3, 0.4) is 0 Å². The van der Waals surface area contributed by atoms with Crippen molar-refractivity contribution < 1.29 is 24.5 Å². The molecule has 2 N–H and O–H groups in total. The SMILES string of the molecule is O=C(O)c1cc2c(cc1Cl)C(=O)OC2O. The van der Waals surface area contributed by atoms with Gasteiger partial charge in [0.15, 0.2) is 0 Å². The van der Waals surface area contributed by atoms with Gasteiger partial charge in [0.2, 0.25) is 6.29 Å². The van der Waals surface area contributed by atoms with E-state index >= 15 is 0 Å². The minimum Gasteiger partial charge on any atom is -0.478 e. The number of hydrogen-bond acceptors (Lipinski definition) is 4. The number of rotatable bonds is 1. The van der Waals surface area contributed by atoms with Gasteiger partial charge in [0.25, 0.3) is 0 Å². The van der Waals surface area contributed by atoms with Crippen LogP contribution in [0.25, 0.3) is 0 Å². The predicted octanol–water partition coefficient (Wildman–Crippen LogP) is 1.20. The van der Waals surface area contributed by atoms with Crippen molar-refractivity contribution in [2.24, 2.45) is 0 Å². The Hall–Kier alpha value is -1.59. The molecule has 0 aliphatic carbocycles. The van der Waals surface area contributed by atoms with Crippen molar-refractivity contribution in [1.29, 1.82) is 0 Å². The van der Waals surface area contributed by atoms with E-state index in [1.807, 2.05) is 0 Å². The lowest BCUT2D eigenvalue weighted by Gasteiger charge is -2.03. The molecular formula is C9H5ClO5. The summed E-state index contributed by atoms with van der Waals surface area (Å²) in [5.41, 5.74) is 0.0482. The molecule has 1 aliphatic heterocycles. The Bertz CT molecular complexity index is 468. The first-order chi connectivity index (χ1) is 7.00. The minimum absolute atomic E-state index is 0.0627. The molecule has 0 spiro atoms. The highest BCUT2D eigenvalue weighted by molar-refractivity contribution is 6.34. The number of ether oxygens (including phenoxy) is 1. The van der Waals surface area contributed by atoms with Crippen molar-refractivity contribution in [3.8, 4) is 0 Å². The van der Waals surface area contributed by atoms with E-state index < -0.39 is 18.2 Å². The third-order valence-electron chi connectivity index (χ3n) is 2.07. The number of halogens is 1. The molecule has 0 radical (unpaired) electrons. The van der Waals surface area contributed by atoms with E-state index in [-0.39, 0.29) is 21.7 Å². The van der Waals surface area contributed by atoms with Gasteiger partial charge in [-0.2, -0.15) is 0 Å². The van der Waals surface area contributed by atoms with Crippen molar-refractivity contribution in [3.63, 3.8) is 0 Å². The van der Waals surface area contributed by atoms with Crippen LogP contribution in [0.1, 0.15) is 32.6 Å². The van der Waals surface area contributed by atoms with E-state index in [0.29, 0.717) is 0 Å². The molecule has 6 heteroatoms. The summed E-state index contributed by atoms with van der Waals surface area (Å²) in [6.45, 7) is 0. The zero-order valence-corrected chi connectivity index (χ0v) is 7.99. The largest absolute Gasteiger partial charge is 0.478 e. The molecule has 1 aliphatic rings. The Morgan fingerprint density at radius 3 is 2.73 bits per heavy atom. The maximum Gasteiger partial charge on any atom is 0.341 e. The quantitative estimate of drug-likeness (QED) is 0.706. The van der Waals surface area contributed by atoms with E-state index in [4.69, 9.17) is 16.7 Å². The molecule has 1 atom stereocenters. The summed E-state index contributed by atoms with van der Waals surface area (Å²) in [4.78, 5) is 21.8. The van der Waals surface area contributed by atoms with Crippen LogP contribution in [0, 0.1) is 0 Å². The summed E-state index contributed by atoms with van der Waals surface area (Å²) in [5, 5.41) is 18.0. The molecule has 0 saturated heterocycles. The molecule has 1 heterocycles. The Morgan fingerprint density at radius 2 is 2.13 bits per heavy atom. The van der Waals surface area contributed by atoms with Gasteiger partial charge in [-0.25, -0.2) is 9.59 Å². The normalized spacial score (nSPS) is 18.5. The van der Waals surface area contributed by atoms with Crippen LogP contribution in [-0.4, -0.2) is 22.2 Å². The average Bonchev–Trinajstić information content (AvgIpc) is 2.41. The molecule has 5 nitrogen and oxygen atoms in total. The summed E-state index contributed by atoms with van der Waals surface area (Å²) < 4.78 is 4.49. The highest BCUT2D eigenvalue weighted by Gasteiger charge is 2.31. The standard InChI is InChI=1S/C9H5ClO5/c10-6-2-4-3(1-5(6)7(11)12)8(13)15-9(4)14/h1-2,8,13H,(H,11,12). The third-order valence-corrected chi connectivity index (χ3v) is 2.39. The maximum atomic E-state index is 11.1. The highest BCUT2D eigenvalue weighted by atomic mass is 35.5. The van der Waals surface area contributed by atoms with E-state index in [1.165, 1.54) is 6.07 Å². The van der Waals surface area contributed by atoms with Gasteiger partial charge in [0.1, 0.15) is 0 Å².